The second kappa shape index (κ2) is 7.33. The van der Waals surface area contributed by atoms with Crippen molar-refractivity contribution in [2.24, 2.45) is 5.41 Å². The highest BCUT2D eigenvalue weighted by Gasteiger charge is 2.39. The molecule has 1 aliphatic heterocycles. The molecule has 0 aromatic carbocycles. The van der Waals surface area contributed by atoms with Gasteiger partial charge in [0.2, 0.25) is 11.8 Å². The predicted molar refractivity (Wildman–Crippen MR) is 68.1 cm³/mol. The van der Waals surface area contributed by atoms with Gasteiger partial charge in [0.05, 0.1) is 12.0 Å². The fraction of sp³-hybridized carbons (Fsp3) is 0.833. The molecule has 0 radical (unpaired) electrons. The second-order valence-corrected chi connectivity index (χ2v) is 4.70. The maximum absolute atomic E-state index is 12.2. The highest BCUT2D eigenvalue weighted by Crippen LogP contribution is 2.29. The van der Waals surface area contributed by atoms with Crippen LogP contribution in [-0.4, -0.2) is 51.7 Å². The monoisotopic (exact) mass is 257 g/mol. The summed E-state index contributed by atoms with van der Waals surface area (Å²) in [6, 6.07) is 0. The van der Waals surface area contributed by atoms with E-state index in [1.54, 1.807) is 7.11 Å². The molecule has 2 amide bonds. The smallest absolute Gasteiger partial charge is 0.228 e. The summed E-state index contributed by atoms with van der Waals surface area (Å²) >= 11 is 0. The second-order valence-electron chi connectivity index (χ2n) is 4.70. The van der Waals surface area contributed by atoms with Crippen molar-refractivity contribution in [2.45, 2.75) is 19.8 Å². The molecule has 0 bridgehead atoms. The Morgan fingerprint density at radius 3 is 2.39 bits per heavy atom. The highest BCUT2D eigenvalue weighted by atomic mass is 16.5. The van der Waals surface area contributed by atoms with Crippen molar-refractivity contribution in [2.75, 3.05) is 39.9 Å². The van der Waals surface area contributed by atoms with Gasteiger partial charge < -0.3 is 20.7 Å². The van der Waals surface area contributed by atoms with Gasteiger partial charge in [0.15, 0.2) is 0 Å². The normalized spacial score (nSPS) is 18.1. The standard InChI is InChI=1S/C12H23N3O3/c1-10(16)14-7-8-15-11(17)12(9-18-2)3-5-13-6-4-12/h13H,3-9H2,1-2H3,(H,14,16)(H,15,17). The van der Waals surface area contributed by atoms with Crippen molar-refractivity contribution in [1.82, 2.24) is 16.0 Å². The quantitative estimate of drug-likeness (QED) is 0.547. The molecule has 1 saturated heterocycles. The Morgan fingerprint density at radius 1 is 1.22 bits per heavy atom. The number of amides is 2. The fourth-order valence-corrected chi connectivity index (χ4v) is 2.22. The van der Waals surface area contributed by atoms with Crippen molar-refractivity contribution in [3.05, 3.63) is 0 Å². The van der Waals surface area contributed by atoms with E-state index in [4.69, 9.17) is 4.74 Å². The van der Waals surface area contributed by atoms with Gasteiger partial charge >= 0.3 is 0 Å². The van der Waals surface area contributed by atoms with Crippen molar-refractivity contribution in [1.29, 1.82) is 0 Å². The van der Waals surface area contributed by atoms with E-state index in [-0.39, 0.29) is 11.8 Å². The Kier molecular flexibility index (Phi) is 6.07. The Morgan fingerprint density at radius 2 is 1.83 bits per heavy atom. The Balaban J connectivity index is 2.42. The first-order valence-corrected chi connectivity index (χ1v) is 6.33. The average molecular weight is 257 g/mol. The van der Waals surface area contributed by atoms with Gasteiger partial charge in [-0.25, -0.2) is 0 Å². The van der Waals surface area contributed by atoms with E-state index in [2.05, 4.69) is 16.0 Å². The van der Waals surface area contributed by atoms with Gasteiger partial charge in [-0.1, -0.05) is 0 Å². The summed E-state index contributed by atoms with van der Waals surface area (Å²) in [4.78, 5) is 22.9. The summed E-state index contributed by atoms with van der Waals surface area (Å²) in [5, 5.41) is 8.77. The van der Waals surface area contributed by atoms with E-state index >= 15 is 0 Å². The van der Waals surface area contributed by atoms with Gasteiger partial charge in [-0.3, -0.25) is 9.59 Å². The summed E-state index contributed by atoms with van der Waals surface area (Å²) in [7, 11) is 1.62. The van der Waals surface area contributed by atoms with E-state index in [9.17, 15) is 9.59 Å². The summed E-state index contributed by atoms with van der Waals surface area (Å²) in [5.41, 5.74) is -0.420. The number of hydrogen-bond donors (Lipinski definition) is 3. The fourth-order valence-electron chi connectivity index (χ4n) is 2.22. The molecule has 1 aliphatic rings. The number of nitrogens with one attached hydrogen (secondary N) is 3. The van der Waals surface area contributed by atoms with E-state index in [0.717, 1.165) is 25.9 Å². The first-order chi connectivity index (χ1) is 8.60. The molecule has 6 heteroatoms. The van der Waals surface area contributed by atoms with Crippen LogP contribution in [0.5, 0.6) is 0 Å². The van der Waals surface area contributed by atoms with Crippen molar-refractivity contribution in [3.63, 3.8) is 0 Å². The van der Waals surface area contributed by atoms with Crippen LogP contribution < -0.4 is 16.0 Å². The highest BCUT2D eigenvalue weighted by molar-refractivity contribution is 5.83. The van der Waals surface area contributed by atoms with Crippen molar-refractivity contribution in [3.8, 4) is 0 Å². The Labute approximate surface area is 108 Å². The summed E-state index contributed by atoms with van der Waals surface area (Å²) in [5.74, 6) is -0.0612. The maximum atomic E-state index is 12.2. The lowest BCUT2D eigenvalue weighted by atomic mass is 9.78. The number of piperidine rings is 1. The zero-order valence-electron chi connectivity index (χ0n) is 11.2. The Bertz CT molecular complexity index is 283. The predicted octanol–water partition coefficient (Wildman–Crippen LogP) is -0.745. The molecule has 0 spiro atoms. The third-order valence-corrected chi connectivity index (χ3v) is 3.25. The molecular weight excluding hydrogens is 234 g/mol. The average Bonchev–Trinajstić information content (AvgIpc) is 2.35. The third kappa shape index (κ3) is 4.27. The molecule has 0 aromatic heterocycles. The summed E-state index contributed by atoms with van der Waals surface area (Å²) in [6.07, 6.45) is 1.57. The minimum atomic E-state index is -0.420. The van der Waals surface area contributed by atoms with Crippen LogP contribution in [0.3, 0.4) is 0 Å². The van der Waals surface area contributed by atoms with Crippen LogP contribution in [0.25, 0.3) is 0 Å². The van der Waals surface area contributed by atoms with Crippen molar-refractivity contribution < 1.29 is 14.3 Å². The molecule has 0 saturated carbocycles. The number of rotatable bonds is 6. The molecule has 0 atom stereocenters. The van der Waals surface area contributed by atoms with Gasteiger partial charge in [0, 0.05) is 27.1 Å². The lowest BCUT2D eigenvalue weighted by molar-refractivity contribution is -0.136. The summed E-state index contributed by atoms with van der Waals surface area (Å²) in [6.45, 7) is 4.49. The number of methoxy groups -OCH3 is 1. The van der Waals surface area contributed by atoms with Crippen LogP contribution >= 0.6 is 0 Å². The van der Waals surface area contributed by atoms with Gasteiger partial charge in [-0.15, -0.1) is 0 Å². The molecule has 18 heavy (non-hydrogen) atoms. The van der Waals surface area contributed by atoms with Gasteiger partial charge in [-0.05, 0) is 25.9 Å². The Hall–Kier alpha value is -1.14. The lowest BCUT2D eigenvalue weighted by Gasteiger charge is -2.35. The van der Waals surface area contributed by atoms with E-state index in [0.29, 0.717) is 19.7 Å². The van der Waals surface area contributed by atoms with Crippen LogP contribution in [0.4, 0.5) is 0 Å². The molecule has 3 N–H and O–H groups in total. The van der Waals surface area contributed by atoms with Gasteiger partial charge in [0.25, 0.3) is 0 Å². The third-order valence-electron chi connectivity index (χ3n) is 3.25. The molecular formula is C12H23N3O3. The lowest BCUT2D eigenvalue weighted by Crippen LogP contribution is -2.51. The van der Waals surface area contributed by atoms with Crippen LogP contribution in [0.15, 0.2) is 0 Å². The molecule has 1 heterocycles. The first-order valence-electron chi connectivity index (χ1n) is 6.33. The number of carbonyl (C=O) groups excluding carboxylic acids is 2. The number of carbonyl (C=O) groups is 2. The van der Waals surface area contributed by atoms with Crippen LogP contribution in [-0.2, 0) is 14.3 Å². The first kappa shape index (κ1) is 14.9. The molecule has 0 aliphatic carbocycles. The molecule has 0 unspecified atom stereocenters. The SMILES string of the molecule is COCC1(C(=O)NCCNC(C)=O)CCNCC1. The van der Waals surface area contributed by atoms with E-state index < -0.39 is 5.41 Å². The molecule has 1 fully saturated rings. The topological polar surface area (TPSA) is 79.5 Å². The molecule has 104 valence electrons. The van der Waals surface area contributed by atoms with Crippen LogP contribution in [0, 0.1) is 5.41 Å². The van der Waals surface area contributed by atoms with Crippen LogP contribution in [0.1, 0.15) is 19.8 Å². The van der Waals surface area contributed by atoms with Gasteiger partial charge in [0.1, 0.15) is 0 Å². The largest absolute Gasteiger partial charge is 0.384 e. The minimum absolute atomic E-state index is 0.0243. The maximum Gasteiger partial charge on any atom is 0.228 e. The summed E-state index contributed by atoms with van der Waals surface area (Å²) < 4.78 is 5.19. The van der Waals surface area contributed by atoms with Gasteiger partial charge in [-0.2, -0.15) is 0 Å². The van der Waals surface area contributed by atoms with Crippen LogP contribution in [0.2, 0.25) is 0 Å². The molecule has 1 rings (SSSR count). The number of ether oxygens (including phenoxy) is 1. The van der Waals surface area contributed by atoms with E-state index in [1.165, 1.54) is 6.92 Å². The van der Waals surface area contributed by atoms with Crippen molar-refractivity contribution >= 4 is 11.8 Å². The number of hydrogen-bond acceptors (Lipinski definition) is 4. The minimum Gasteiger partial charge on any atom is -0.384 e. The molecule has 0 aromatic rings. The molecule has 6 nitrogen and oxygen atoms in total. The zero-order valence-corrected chi connectivity index (χ0v) is 11.2. The van der Waals surface area contributed by atoms with E-state index in [1.807, 2.05) is 0 Å². The zero-order chi connectivity index (χ0) is 13.4.